The SMILES string of the molecule is C=CN.C=COC.O=C1CCCN1. The molecule has 13 heavy (non-hydrogen) atoms. The lowest BCUT2D eigenvalue weighted by atomic mass is 10.4. The molecule has 1 rings (SSSR count). The van der Waals surface area contributed by atoms with Gasteiger partial charge in [0.05, 0.1) is 13.4 Å². The standard InChI is InChI=1S/C4H7NO.C3H6O.C2H5N/c6-4-2-1-3-5-4;1-3-4-2;1-2-3/h1-3H2,(H,5,6);3H,1H2,2H3;2H,1,3H2. The highest BCUT2D eigenvalue weighted by atomic mass is 16.5. The number of amides is 1. The molecule has 0 aromatic heterocycles. The van der Waals surface area contributed by atoms with Crippen LogP contribution in [-0.4, -0.2) is 19.6 Å². The zero-order valence-corrected chi connectivity index (χ0v) is 8.08. The Labute approximate surface area is 79.5 Å². The van der Waals surface area contributed by atoms with Crippen LogP contribution in [0.25, 0.3) is 0 Å². The summed E-state index contributed by atoms with van der Waals surface area (Å²) in [5, 5.41) is 2.68. The number of carbonyl (C=O) groups excluding carboxylic acids is 1. The Kier molecular flexibility index (Phi) is 14.3. The first-order valence-corrected chi connectivity index (χ1v) is 3.96. The number of rotatable bonds is 1. The molecule has 0 aliphatic carbocycles. The topological polar surface area (TPSA) is 64.3 Å². The summed E-state index contributed by atoms with van der Waals surface area (Å²) in [5.74, 6) is 0.204. The van der Waals surface area contributed by atoms with Crippen molar-refractivity contribution >= 4 is 5.91 Å². The molecule has 76 valence electrons. The molecule has 0 aromatic carbocycles. The van der Waals surface area contributed by atoms with Gasteiger partial charge in [0.15, 0.2) is 0 Å². The summed E-state index contributed by atoms with van der Waals surface area (Å²) in [5.41, 5.74) is 4.61. The number of hydrogen-bond acceptors (Lipinski definition) is 3. The van der Waals surface area contributed by atoms with Gasteiger partial charge in [0.2, 0.25) is 5.91 Å². The highest BCUT2D eigenvalue weighted by Crippen LogP contribution is 1.93. The minimum atomic E-state index is 0.204. The molecular formula is C9H18N2O2. The van der Waals surface area contributed by atoms with E-state index in [-0.39, 0.29) is 5.91 Å². The number of hydrogen-bond donors (Lipinski definition) is 2. The zero-order chi connectivity index (χ0) is 10.5. The molecular weight excluding hydrogens is 168 g/mol. The minimum Gasteiger partial charge on any atom is -0.505 e. The van der Waals surface area contributed by atoms with E-state index < -0.39 is 0 Å². The van der Waals surface area contributed by atoms with E-state index in [1.165, 1.54) is 12.5 Å². The van der Waals surface area contributed by atoms with Crippen LogP contribution in [0.15, 0.2) is 25.6 Å². The molecule has 3 N–H and O–H groups in total. The van der Waals surface area contributed by atoms with E-state index >= 15 is 0 Å². The maximum atomic E-state index is 10.1. The lowest BCUT2D eigenvalue weighted by Crippen LogP contribution is -2.12. The highest BCUT2D eigenvalue weighted by molar-refractivity contribution is 5.77. The number of carbonyl (C=O) groups is 1. The molecule has 1 fully saturated rings. The number of ether oxygens (including phenoxy) is 1. The first kappa shape index (κ1) is 14.1. The van der Waals surface area contributed by atoms with Crippen LogP contribution in [0.4, 0.5) is 0 Å². The zero-order valence-electron chi connectivity index (χ0n) is 8.08. The van der Waals surface area contributed by atoms with Crippen LogP contribution < -0.4 is 11.1 Å². The van der Waals surface area contributed by atoms with E-state index in [1.54, 1.807) is 7.11 Å². The summed E-state index contributed by atoms with van der Waals surface area (Å²) in [6.07, 6.45) is 4.39. The largest absolute Gasteiger partial charge is 0.505 e. The molecule has 0 atom stereocenters. The third-order valence-corrected chi connectivity index (χ3v) is 1.07. The molecule has 0 bridgehead atoms. The molecule has 0 spiro atoms. The Morgan fingerprint density at radius 1 is 1.62 bits per heavy atom. The van der Waals surface area contributed by atoms with Gasteiger partial charge in [-0.05, 0) is 12.6 Å². The molecule has 1 amide bonds. The van der Waals surface area contributed by atoms with Gasteiger partial charge in [0.25, 0.3) is 0 Å². The first-order chi connectivity index (χ1) is 6.22. The van der Waals surface area contributed by atoms with Gasteiger partial charge >= 0.3 is 0 Å². The lowest BCUT2D eigenvalue weighted by Gasteiger charge is -1.80. The van der Waals surface area contributed by atoms with Crippen molar-refractivity contribution in [1.29, 1.82) is 0 Å². The molecule has 0 radical (unpaired) electrons. The van der Waals surface area contributed by atoms with Crippen molar-refractivity contribution in [2.24, 2.45) is 5.73 Å². The van der Waals surface area contributed by atoms with Crippen molar-refractivity contribution in [3.63, 3.8) is 0 Å². The van der Waals surface area contributed by atoms with Gasteiger partial charge in [0.1, 0.15) is 0 Å². The van der Waals surface area contributed by atoms with Gasteiger partial charge in [-0.1, -0.05) is 13.2 Å². The first-order valence-electron chi connectivity index (χ1n) is 3.96. The average Bonchev–Trinajstić information content (AvgIpc) is 2.58. The van der Waals surface area contributed by atoms with E-state index in [1.807, 2.05) is 0 Å². The van der Waals surface area contributed by atoms with E-state index in [4.69, 9.17) is 0 Å². The van der Waals surface area contributed by atoms with Crippen LogP contribution in [0.1, 0.15) is 12.8 Å². The van der Waals surface area contributed by atoms with Crippen molar-refractivity contribution < 1.29 is 9.53 Å². The smallest absolute Gasteiger partial charge is 0.220 e. The Hall–Kier alpha value is -1.45. The van der Waals surface area contributed by atoms with Crippen LogP contribution in [0.2, 0.25) is 0 Å². The third-order valence-electron chi connectivity index (χ3n) is 1.07. The summed E-state index contributed by atoms with van der Waals surface area (Å²) >= 11 is 0. The van der Waals surface area contributed by atoms with Crippen molar-refractivity contribution in [2.75, 3.05) is 13.7 Å². The number of nitrogens with one attached hydrogen (secondary N) is 1. The maximum Gasteiger partial charge on any atom is 0.220 e. The molecule has 1 saturated heterocycles. The number of nitrogens with two attached hydrogens (primary N) is 1. The predicted molar refractivity (Wildman–Crippen MR) is 53.8 cm³/mol. The van der Waals surface area contributed by atoms with Crippen molar-refractivity contribution in [2.45, 2.75) is 12.8 Å². The van der Waals surface area contributed by atoms with Gasteiger partial charge in [-0.25, -0.2) is 0 Å². The lowest BCUT2D eigenvalue weighted by molar-refractivity contribution is -0.119. The Bertz CT molecular complexity index is 139. The van der Waals surface area contributed by atoms with Crippen LogP contribution >= 0.6 is 0 Å². The van der Waals surface area contributed by atoms with Crippen molar-refractivity contribution in [1.82, 2.24) is 5.32 Å². The minimum absolute atomic E-state index is 0.204. The van der Waals surface area contributed by atoms with Crippen LogP contribution in [-0.2, 0) is 9.53 Å². The summed E-state index contributed by atoms with van der Waals surface area (Å²) in [7, 11) is 1.56. The quantitative estimate of drug-likeness (QED) is 0.594. The van der Waals surface area contributed by atoms with Gasteiger partial charge in [-0.3, -0.25) is 4.79 Å². The van der Waals surface area contributed by atoms with E-state index in [0.29, 0.717) is 0 Å². The fourth-order valence-corrected chi connectivity index (χ4v) is 0.565. The second kappa shape index (κ2) is 13.2. The fraction of sp³-hybridized carbons (Fsp3) is 0.444. The number of methoxy groups -OCH3 is 1. The summed E-state index contributed by atoms with van der Waals surface area (Å²) in [6, 6.07) is 0. The molecule has 0 aromatic rings. The van der Waals surface area contributed by atoms with E-state index in [2.05, 4.69) is 28.9 Å². The molecule has 4 heteroatoms. The molecule has 1 heterocycles. The van der Waals surface area contributed by atoms with Gasteiger partial charge in [0, 0.05) is 13.0 Å². The summed E-state index contributed by atoms with van der Waals surface area (Å²) in [4.78, 5) is 10.1. The Morgan fingerprint density at radius 2 is 2.08 bits per heavy atom. The predicted octanol–water partition coefficient (Wildman–Crippen LogP) is 0.761. The van der Waals surface area contributed by atoms with Crippen LogP contribution in [0, 0.1) is 0 Å². The molecule has 1 aliphatic heterocycles. The third kappa shape index (κ3) is 18.0. The monoisotopic (exact) mass is 186 g/mol. The highest BCUT2D eigenvalue weighted by Gasteiger charge is 2.05. The normalized spacial score (nSPS) is 12.2. The van der Waals surface area contributed by atoms with Gasteiger partial charge in [-0.15, -0.1) is 0 Å². The summed E-state index contributed by atoms with van der Waals surface area (Å²) < 4.78 is 4.31. The van der Waals surface area contributed by atoms with E-state index in [9.17, 15) is 4.79 Å². The second-order valence-corrected chi connectivity index (χ2v) is 2.09. The molecule has 0 unspecified atom stereocenters. The molecule has 4 nitrogen and oxygen atoms in total. The Morgan fingerprint density at radius 3 is 2.15 bits per heavy atom. The Balaban J connectivity index is 0. The van der Waals surface area contributed by atoms with Crippen molar-refractivity contribution in [3.05, 3.63) is 25.6 Å². The molecule has 1 aliphatic rings. The van der Waals surface area contributed by atoms with Gasteiger partial charge < -0.3 is 15.8 Å². The second-order valence-electron chi connectivity index (χ2n) is 2.09. The summed E-state index contributed by atoms with van der Waals surface area (Å²) in [6.45, 7) is 7.28. The van der Waals surface area contributed by atoms with Crippen molar-refractivity contribution in [3.8, 4) is 0 Å². The van der Waals surface area contributed by atoms with Crippen LogP contribution in [0.3, 0.4) is 0 Å². The maximum absolute atomic E-state index is 10.1. The van der Waals surface area contributed by atoms with E-state index in [0.717, 1.165) is 19.4 Å². The fourth-order valence-electron chi connectivity index (χ4n) is 0.565. The van der Waals surface area contributed by atoms with Crippen LogP contribution in [0.5, 0.6) is 0 Å². The molecule has 0 saturated carbocycles. The average molecular weight is 186 g/mol. The van der Waals surface area contributed by atoms with Gasteiger partial charge in [-0.2, -0.15) is 0 Å².